The monoisotopic (exact) mass is 353 g/mol. The first-order valence-corrected chi connectivity index (χ1v) is 9.71. The van der Waals surface area contributed by atoms with Gasteiger partial charge in [0.1, 0.15) is 5.01 Å². The maximum Gasteiger partial charge on any atom is 0.110 e. The van der Waals surface area contributed by atoms with E-state index in [2.05, 4.69) is 67.0 Å². The highest BCUT2D eigenvalue weighted by Gasteiger charge is 2.18. The fraction of sp³-hybridized carbons (Fsp3) is 0.211. The van der Waals surface area contributed by atoms with Crippen molar-refractivity contribution in [1.29, 1.82) is 0 Å². The molecule has 24 heavy (non-hydrogen) atoms. The molecule has 1 aromatic heterocycles. The van der Waals surface area contributed by atoms with Gasteiger partial charge in [0.15, 0.2) is 0 Å². The average Bonchev–Trinajstić information content (AvgIpc) is 3.08. The molecule has 1 atom stereocenters. The highest BCUT2D eigenvalue weighted by atomic mass is 32.2. The molecule has 3 nitrogen and oxygen atoms in total. The summed E-state index contributed by atoms with van der Waals surface area (Å²) in [4.78, 5) is 7.26. The van der Waals surface area contributed by atoms with Gasteiger partial charge in [-0.3, -0.25) is 0 Å². The highest BCUT2D eigenvalue weighted by molar-refractivity contribution is 7.99. The molecule has 0 aliphatic carbocycles. The van der Waals surface area contributed by atoms with E-state index >= 15 is 0 Å². The summed E-state index contributed by atoms with van der Waals surface area (Å²) in [6.45, 7) is 4.26. The van der Waals surface area contributed by atoms with Crippen LogP contribution in [0.15, 0.2) is 57.6 Å². The third kappa shape index (κ3) is 2.83. The van der Waals surface area contributed by atoms with E-state index < -0.39 is 0 Å². The molecule has 4 rings (SSSR count). The van der Waals surface area contributed by atoms with Crippen LogP contribution in [-0.4, -0.2) is 4.98 Å². The maximum atomic E-state index is 6.23. The number of nitrogens with two attached hydrogens (primary N) is 1. The third-order valence-corrected chi connectivity index (χ3v) is 6.27. The molecular formula is C19H19N3S2. The van der Waals surface area contributed by atoms with Gasteiger partial charge in [-0.2, -0.15) is 0 Å². The maximum absolute atomic E-state index is 6.23. The molecule has 2 aromatic carbocycles. The van der Waals surface area contributed by atoms with Gasteiger partial charge in [0, 0.05) is 20.7 Å². The van der Waals surface area contributed by atoms with Crippen molar-refractivity contribution in [3.05, 3.63) is 52.9 Å². The molecule has 0 saturated carbocycles. The molecule has 0 amide bonds. The van der Waals surface area contributed by atoms with Crippen LogP contribution in [0.3, 0.4) is 0 Å². The first kappa shape index (κ1) is 15.7. The van der Waals surface area contributed by atoms with Gasteiger partial charge in [0.2, 0.25) is 0 Å². The van der Waals surface area contributed by atoms with Crippen LogP contribution >= 0.6 is 23.1 Å². The minimum absolute atomic E-state index is 0.00179. The Morgan fingerprint density at radius 3 is 2.67 bits per heavy atom. The minimum Gasteiger partial charge on any atom is -0.354 e. The van der Waals surface area contributed by atoms with Crippen molar-refractivity contribution >= 4 is 34.5 Å². The lowest BCUT2D eigenvalue weighted by Gasteiger charge is -2.21. The van der Waals surface area contributed by atoms with E-state index in [1.165, 1.54) is 9.79 Å². The number of para-hydroxylation sites is 1. The number of nitrogens with zero attached hydrogens (tertiary/aromatic N) is 1. The second kappa shape index (κ2) is 6.24. The van der Waals surface area contributed by atoms with Gasteiger partial charge in [0.05, 0.1) is 23.1 Å². The van der Waals surface area contributed by atoms with E-state index in [1.54, 1.807) is 23.1 Å². The largest absolute Gasteiger partial charge is 0.354 e. The molecule has 3 aromatic rings. The SMILES string of the molecule is CC(C)[C@@H](N)c1nc(-c2ccc3c(c2)Nc2ccccc2S3)cs1. The van der Waals surface area contributed by atoms with Gasteiger partial charge in [-0.25, -0.2) is 4.98 Å². The Bertz CT molecular complexity index is 886. The summed E-state index contributed by atoms with van der Waals surface area (Å²) < 4.78 is 0. The van der Waals surface area contributed by atoms with Crippen LogP contribution in [-0.2, 0) is 0 Å². The van der Waals surface area contributed by atoms with Gasteiger partial charge in [0.25, 0.3) is 0 Å². The first-order chi connectivity index (χ1) is 11.6. The lowest BCUT2D eigenvalue weighted by molar-refractivity contribution is 0.512. The number of fused-ring (bicyclic) bond motifs is 2. The number of benzene rings is 2. The zero-order valence-electron chi connectivity index (χ0n) is 13.6. The predicted octanol–water partition coefficient (Wildman–Crippen LogP) is 5.67. The smallest absolute Gasteiger partial charge is 0.110 e. The number of hydrogen-bond acceptors (Lipinski definition) is 5. The van der Waals surface area contributed by atoms with Crippen LogP contribution in [0.1, 0.15) is 24.9 Å². The number of hydrogen-bond donors (Lipinski definition) is 2. The Hall–Kier alpha value is -1.82. The zero-order valence-corrected chi connectivity index (χ0v) is 15.2. The molecule has 0 unspecified atom stereocenters. The second-order valence-electron chi connectivity index (χ2n) is 6.27. The molecule has 2 heterocycles. The van der Waals surface area contributed by atoms with E-state index in [-0.39, 0.29) is 6.04 Å². The van der Waals surface area contributed by atoms with Crippen molar-refractivity contribution in [2.45, 2.75) is 29.7 Å². The van der Waals surface area contributed by atoms with E-state index in [1.807, 2.05) is 0 Å². The van der Waals surface area contributed by atoms with Crippen molar-refractivity contribution < 1.29 is 0 Å². The molecule has 0 spiro atoms. The molecule has 0 bridgehead atoms. The second-order valence-corrected chi connectivity index (χ2v) is 8.25. The van der Waals surface area contributed by atoms with Gasteiger partial charge in [-0.15, -0.1) is 11.3 Å². The van der Waals surface area contributed by atoms with Gasteiger partial charge in [-0.05, 0) is 30.2 Å². The van der Waals surface area contributed by atoms with Crippen molar-refractivity contribution in [2.24, 2.45) is 11.7 Å². The van der Waals surface area contributed by atoms with Crippen molar-refractivity contribution in [3.63, 3.8) is 0 Å². The summed E-state index contributed by atoms with van der Waals surface area (Å²) in [6.07, 6.45) is 0. The summed E-state index contributed by atoms with van der Waals surface area (Å²) in [5.41, 5.74) is 10.6. The fourth-order valence-electron chi connectivity index (χ4n) is 2.66. The van der Waals surface area contributed by atoms with Crippen LogP contribution in [0.2, 0.25) is 0 Å². The summed E-state index contributed by atoms with van der Waals surface area (Å²) in [5, 5.41) is 6.63. The number of aromatic nitrogens is 1. The Balaban J connectivity index is 1.65. The Labute approximate surface area is 150 Å². The lowest BCUT2D eigenvalue weighted by Crippen LogP contribution is -2.16. The summed E-state index contributed by atoms with van der Waals surface area (Å²) >= 11 is 3.45. The fourth-order valence-corrected chi connectivity index (χ4v) is 4.63. The number of nitrogens with one attached hydrogen (secondary N) is 1. The molecule has 1 aliphatic heterocycles. The first-order valence-electron chi connectivity index (χ1n) is 8.01. The molecule has 5 heteroatoms. The molecular weight excluding hydrogens is 334 g/mol. The van der Waals surface area contributed by atoms with E-state index in [0.29, 0.717) is 5.92 Å². The van der Waals surface area contributed by atoms with Gasteiger partial charge in [-0.1, -0.05) is 43.8 Å². The minimum atomic E-state index is 0.00179. The number of anilines is 2. The van der Waals surface area contributed by atoms with E-state index in [0.717, 1.165) is 27.6 Å². The Kier molecular flexibility index (Phi) is 4.08. The van der Waals surface area contributed by atoms with Gasteiger partial charge < -0.3 is 11.1 Å². The van der Waals surface area contributed by atoms with E-state index in [9.17, 15) is 0 Å². The quantitative estimate of drug-likeness (QED) is 0.498. The summed E-state index contributed by atoms with van der Waals surface area (Å²) in [5.74, 6) is 0.391. The lowest BCUT2D eigenvalue weighted by atomic mass is 10.1. The standard InChI is InChI=1S/C19H19N3S2/c1-11(2)18(20)19-22-15(10-23-19)12-7-8-17-14(9-12)21-13-5-3-4-6-16(13)24-17/h3-11,18,21H,20H2,1-2H3/t18-/m1/s1. The molecule has 0 radical (unpaired) electrons. The molecule has 1 aliphatic rings. The highest BCUT2D eigenvalue weighted by Crippen LogP contribution is 2.45. The summed E-state index contributed by atoms with van der Waals surface area (Å²) in [6, 6.07) is 14.9. The van der Waals surface area contributed by atoms with E-state index in [4.69, 9.17) is 10.7 Å². The van der Waals surface area contributed by atoms with Crippen molar-refractivity contribution in [1.82, 2.24) is 4.98 Å². The van der Waals surface area contributed by atoms with Crippen molar-refractivity contribution in [2.75, 3.05) is 5.32 Å². The van der Waals surface area contributed by atoms with Crippen LogP contribution < -0.4 is 11.1 Å². The Morgan fingerprint density at radius 1 is 1.04 bits per heavy atom. The summed E-state index contributed by atoms with van der Waals surface area (Å²) in [7, 11) is 0. The number of thiazole rings is 1. The average molecular weight is 354 g/mol. The Morgan fingerprint density at radius 2 is 1.83 bits per heavy atom. The normalized spacial score (nSPS) is 14.0. The molecule has 0 saturated heterocycles. The zero-order chi connectivity index (χ0) is 16.7. The predicted molar refractivity (Wildman–Crippen MR) is 103 cm³/mol. The molecule has 3 N–H and O–H groups in total. The van der Waals surface area contributed by atoms with Crippen LogP contribution in [0.5, 0.6) is 0 Å². The van der Waals surface area contributed by atoms with Crippen LogP contribution in [0.4, 0.5) is 11.4 Å². The van der Waals surface area contributed by atoms with Gasteiger partial charge >= 0.3 is 0 Å². The van der Waals surface area contributed by atoms with Crippen LogP contribution in [0, 0.1) is 5.92 Å². The van der Waals surface area contributed by atoms with Crippen LogP contribution in [0.25, 0.3) is 11.3 Å². The van der Waals surface area contributed by atoms with Crippen molar-refractivity contribution in [3.8, 4) is 11.3 Å². The third-order valence-electron chi connectivity index (χ3n) is 4.18. The topological polar surface area (TPSA) is 50.9 Å². The number of rotatable bonds is 3. The molecule has 122 valence electrons. The molecule has 0 fully saturated rings.